The van der Waals surface area contributed by atoms with Crippen LogP contribution in [-0.2, 0) is 16.8 Å². The minimum atomic E-state index is -3.61. The normalized spacial score (nSPS) is 17.0. The summed E-state index contributed by atoms with van der Waals surface area (Å²) in [5.74, 6) is 0.00467. The maximum atomic E-state index is 13.9. The lowest BCUT2D eigenvalue weighted by Gasteiger charge is -2.33. The first-order valence-corrected chi connectivity index (χ1v) is 9.42. The molecule has 0 amide bonds. The Kier molecular flexibility index (Phi) is 8.38. The van der Waals surface area contributed by atoms with Gasteiger partial charge in [0, 0.05) is 37.3 Å². The number of benzene rings is 1. The second kappa shape index (κ2) is 9.31. The molecule has 0 bridgehead atoms. The van der Waals surface area contributed by atoms with Crippen LogP contribution in [-0.4, -0.2) is 50.8 Å². The lowest BCUT2D eigenvalue weighted by Crippen LogP contribution is -2.46. The quantitative estimate of drug-likeness (QED) is 0.799. The van der Waals surface area contributed by atoms with Crippen LogP contribution in [0, 0.1) is 11.7 Å². The van der Waals surface area contributed by atoms with Gasteiger partial charge in [-0.3, -0.25) is 0 Å². The number of nitrogens with zero attached hydrogens (tertiary/aromatic N) is 2. The van der Waals surface area contributed by atoms with Crippen molar-refractivity contribution in [3.8, 4) is 0 Å². The van der Waals surface area contributed by atoms with Gasteiger partial charge in [0.25, 0.3) is 10.2 Å². The van der Waals surface area contributed by atoms with Crippen molar-refractivity contribution in [3.05, 3.63) is 34.6 Å². The maximum Gasteiger partial charge on any atom is 0.282 e. The van der Waals surface area contributed by atoms with Gasteiger partial charge in [0.05, 0.1) is 0 Å². The van der Waals surface area contributed by atoms with Gasteiger partial charge in [-0.15, -0.1) is 12.4 Å². The number of hydrogen-bond acceptors (Lipinski definition) is 3. The monoisotopic (exact) mass is 399 g/mol. The third-order valence-corrected chi connectivity index (χ3v) is 6.52. The van der Waals surface area contributed by atoms with E-state index in [-0.39, 0.29) is 29.5 Å². The van der Waals surface area contributed by atoms with Crippen molar-refractivity contribution < 1.29 is 12.8 Å². The van der Waals surface area contributed by atoms with Crippen LogP contribution in [0.1, 0.15) is 18.4 Å². The van der Waals surface area contributed by atoms with Gasteiger partial charge in [-0.1, -0.05) is 17.7 Å². The summed E-state index contributed by atoms with van der Waals surface area (Å²) < 4.78 is 41.8. The summed E-state index contributed by atoms with van der Waals surface area (Å²) in [7, 11) is -0.257. The zero-order valence-electron chi connectivity index (χ0n) is 13.8. The van der Waals surface area contributed by atoms with E-state index in [1.807, 2.05) is 7.05 Å². The SMILES string of the molecule is CNCC1CCN(S(=O)(=O)N(C)Cc2c(F)cccc2Cl)CC1.Cl. The van der Waals surface area contributed by atoms with E-state index in [0.29, 0.717) is 19.0 Å². The summed E-state index contributed by atoms with van der Waals surface area (Å²) in [6.45, 7) is 1.80. The van der Waals surface area contributed by atoms with Crippen molar-refractivity contribution in [1.29, 1.82) is 0 Å². The van der Waals surface area contributed by atoms with E-state index >= 15 is 0 Å². The van der Waals surface area contributed by atoms with Crippen LogP contribution in [0.4, 0.5) is 4.39 Å². The standard InChI is InChI=1S/C15H23ClFN3O2S.ClH/c1-18-10-12-6-8-20(9-7-12)23(21,22)19(2)11-13-14(16)4-3-5-15(13)17;/h3-5,12,18H,6-11H2,1-2H3;1H. The van der Waals surface area contributed by atoms with Crippen LogP contribution >= 0.6 is 24.0 Å². The van der Waals surface area contributed by atoms with Crippen LogP contribution in [0.5, 0.6) is 0 Å². The lowest BCUT2D eigenvalue weighted by molar-refractivity contribution is 0.255. The molecule has 1 heterocycles. The predicted octanol–water partition coefficient (Wildman–Crippen LogP) is 2.51. The molecule has 1 aromatic carbocycles. The molecule has 1 N–H and O–H groups in total. The van der Waals surface area contributed by atoms with E-state index in [0.717, 1.165) is 23.7 Å². The van der Waals surface area contributed by atoms with Crippen molar-refractivity contribution in [2.75, 3.05) is 33.7 Å². The van der Waals surface area contributed by atoms with Crippen LogP contribution in [0.15, 0.2) is 18.2 Å². The van der Waals surface area contributed by atoms with Crippen LogP contribution < -0.4 is 5.32 Å². The molecule has 9 heteroatoms. The minimum Gasteiger partial charge on any atom is -0.319 e. The molecule has 24 heavy (non-hydrogen) atoms. The van der Waals surface area contributed by atoms with E-state index in [1.54, 1.807) is 6.07 Å². The van der Waals surface area contributed by atoms with Crippen LogP contribution in [0.3, 0.4) is 0 Å². The second-order valence-corrected chi connectivity index (χ2v) is 8.31. The fraction of sp³-hybridized carbons (Fsp3) is 0.600. The zero-order chi connectivity index (χ0) is 17.0. The molecule has 0 unspecified atom stereocenters. The zero-order valence-corrected chi connectivity index (χ0v) is 16.2. The van der Waals surface area contributed by atoms with Gasteiger partial charge < -0.3 is 5.32 Å². The van der Waals surface area contributed by atoms with Crippen LogP contribution in [0.2, 0.25) is 5.02 Å². The molecule has 0 radical (unpaired) electrons. The minimum absolute atomic E-state index is 0. The van der Waals surface area contributed by atoms with Crippen molar-refractivity contribution in [2.45, 2.75) is 19.4 Å². The summed E-state index contributed by atoms with van der Waals surface area (Å²) in [6, 6.07) is 4.34. The molecule has 138 valence electrons. The molecule has 0 spiro atoms. The largest absolute Gasteiger partial charge is 0.319 e. The molecule has 1 aliphatic rings. The van der Waals surface area contributed by atoms with Crippen molar-refractivity contribution in [3.63, 3.8) is 0 Å². The number of rotatable bonds is 6. The van der Waals surface area contributed by atoms with E-state index in [2.05, 4.69) is 5.32 Å². The van der Waals surface area contributed by atoms with Gasteiger partial charge in [-0.25, -0.2) is 4.39 Å². The Morgan fingerprint density at radius 2 is 2.00 bits per heavy atom. The molecule has 1 aliphatic heterocycles. The molecule has 0 aliphatic carbocycles. The van der Waals surface area contributed by atoms with Crippen LogP contribution in [0.25, 0.3) is 0 Å². The predicted molar refractivity (Wildman–Crippen MR) is 97.3 cm³/mol. The Balaban J connectivity index is 0.00000288. The summed E-state index contributed by atoms with van der Waals surface area (Å²) in [5.41, 5.74) is 0.199. The summed E-state index contributed by atoms with van der Waals surface area (Å²) >= 11 is 5.98. The van der Waals surface area contributed by atoms with Gasteiger partial charge >= 0.3 is 0 Å². The number of hydrogen-bond donors (Lipinski definition) is 1. The number of nitrogens with one attached hydrogen (secondary N) is 1. The third kappa shape index (κ3) is 5.03. The van der Waals surface area contributed by atoms with Crippen molar-refractivity contribution in [1.82, 2.24) is 13.9 Å². The molecule has 1 aromatic rings. The van der Waals surface area contributed by atoms with E-state index < -0.39 is 16.0 Å². The van der Waals surface area contributed by atoms with Gasteiger partial charge in [0.2, 0.25) is 0 Å². The highest BCUT2D eigenvalue weighted by molar-refractivity contribution is 7.86. The van der Waals surface area contributed by atoms with Gasteiger partial charge in [-0.05, 0) is 44.5 Å². The van der Waals surface area contributed by atoms with E-state index in [4.69, 9.17) is 11.6 Å². The molecule has 1 fully saturated rings. The average molecular weight is 400 g/mol. The Bertz CT molecular complexity index is 617. The van der Waals surface area contributed by atoms with Crippen molar-refractivity contribution >= 4 is 34.2 Å². The highest BCUT2D eigenvalue weighted by atomic mass is 35.5. The topological polar surface area (TPSA) is 52.7 Å². The summed E-state index contributed by atoms with van der Waals surface area (Å²) in [6.07, 6.45) is 1.66. The Morgan fingerprint density at radius 3 is 2.54 bits per heavy atom. The molecule has 5 nitrogen and oxygen atoms in total. The van der Waals surface area contributed by atoms with E-state index in [9.17, 15) is 12.8 Å². The Labute approximate surface area is 154 Å². The highest BCUT2D eigenvalue weighted by Gasteiger charge is 2.31. The van der Waals surface area contributed by atoms with Crippen molar-refractivity contribution in [2.24, 2.45) is 5.92 Å². The Morgan fingerprint density at radius 1 is 1.38 bits per heavy atom. The van der Waals surface area contributed by atoms with E-state index in [1.165, 1.54) is 23.5 Å². The molecule has 1 saturated heterocycles. The number of halogens is 3. The summed E-state index contributed by atoms with van der Waals surface area (Å²) in [5, 5.41) is 3.36. The molecule has 2 rings (SSSR count). The average Bonchev–Trinajstić information content (AvgIpc) is 2.51. The molecule has 0 saturated carbocycles. The molecule has 0 atom stereocenters. The molecular formula is C15H24Cl2FN3O2S. The first-order chi connectivity index (χ1) is 10.9. The van der Waals surface area contributed by atoms with Gasteiger partial charge in [0.15, 0.2) is 0 Å². The fourth-order valence-corrected chi connectivity index (χ4v) is 4.40. The van der Waals surface area contributed by atoms with Gasteiger partial charge in [-0.2, -0.15) is 17.0 Å². The fourth-order valence-electron chi connectivity index (χ4n) is 2.82. The lowest BCUT2D eigenvalue weighted by atomic mass is 9.98. The first-order valence-electron chi connectivity index (χ1n) is 7.65. The molecule has 0 aromatic heterocycles. The van der Waals surface area contributed by atoms with Gasteiger partial charge in [0.1, 0.15) is 5.82 Å². The molecular weight excluding hydrogens is 376 g/mol. The highest BCUT2D eigenvalue weighted by Crippen LogP contribution is 2.24. The Hall–Kier alpha value is -0.440. The maximum absolute atomic E-state index is 13.9. The third-order valence-electron chi connectivity index (χ3n) is 4.23. The second-order valence-electron chi connectivity index (χ2n) is 5.86. The summed E-state index contributed by atoms with van der Waals surface area (Å²) in [4.78, 5) is 0. The number of piperidine rings is 1. The first kappa shape index (κ1) is 21.6. The smallest absolute Gasteiger partial charge is 0.282 e.